The second kappa shape index (κ2) is 7.41. The van der Waals surface area contributed by atoms with Crippen molar-refractivity contribution < 1.29 is 19.1 Å². The van der Waals surface area contributed by atoms with Crippen molar-refractivity contribution in [2.24, 2.45) is 0 Å². The van der Waals surface area contributed by atoms with Gasteiger partial charge >= 0.3 is 5.97 Å². The van der Waals surface area contributed by atoms with Crippen LogP contribution in [0.5, 0.6) is 5.75 Å². The van der Waals surface area contributed by atoms with Crippen molar-refractivity contribution >= 4 is 11.9 Å². The van der Waals surface area contributed by atoms with Gasteiger partial charge in [-0.2, -0.15) is 0 Å². The smallest absolute Gasteiger partial charge is 0.337 e. The van der Waals surface area contributed by atoms with Gasteiger partial charge in [-0.15, -0.1) is 0 Å². The monoisotopic (exact) mass is 265 g/mol. The standard InChI is InChI=1S/C14H19NO4/c1-4-10(2)15-13(16)9-19-12-7-5-6-11(8-12)14(17)18-3/h5-8,10H,4,9H2,1-3H3,(H,15,16)/t10-/m0/s1. The third kappa shape index (κ3) is 4.99. The molecule has 0 fully saturated rings. The van der Waals surface area contributed by atoms with Gasteiger partial charge in [0.1, 0.15) is 5.75 Å². The first-order valence-corrected chi connectivity index (χ1v) is 6.17. The Kier molecular flexibility index (Phi) is 5.85. The summed E-state index contributed by atoms with van der Waals surface area (Å²) in [5.41, 5.74) is 0.391. The minimum absolute atomic E-state index is 0.0744. The summed E-state index contributed by atoms with van der Waals surface area (Å²) in [6.45, 7) is 3.84. The third-order valence-corrected chi connectivity index (χ3v) is 2.64. The van der Waals surface area contributed by atoms with Crippen molar-refractivity contribution in [2.45, 2.75) is 26.3 Å². The van der Waals surface area contributed by atoms with Gasteiger partial charge in [0.25, 0.3) is 5.91 Å². The molecule has 104 valence electrons. The van der Waals surface area contributed by atoms with Crippen molar-refractivity contribution in [3.8, 4) is 5.75 Å². The summed E-state index contributed by atoms with van der Waals surface area (Å²) in [4.78, 5) is 22.9. The van der Waals surface area contributed by atoms with Gasteiger partial charge in [-0.05, 0) is 31.5 Å². The minimum atomic E-state index is -0.436. The number of carbonyl (C=O) groups excluding carboxylic acids is 2. The van der Waals surface area contributed by atoms with Crippen molar-refractivity contribution in [3.05, 3.63) is 29.8 Å². The number of rotatable bonds is 6. The second-order valence-corrected chi connectivity index (χ2v) is 4.18. The molecule has 0 aliphatic heterocycles. The maximum atomic E-state index is 11.5. The summed E-state index contributed by atoms with van der Waals surface area (Å²) >= 11 is 0. The van der Waals surface area contributed by atoms with Crippen LogP contribution in [0.25, 0.3) is 0 Å². The van der Waals surface area contributed by atoms with E-state index in [1.165, 1.54) is 7.11 Å². The molecule has 1 atom stereocenters. The normalized spacial score (nSPS) is 11.5. The molecule has 0 aromatic heterocycles. The van der Waals surface area contributed by atoms with Crippen molar-refractivity contribution in [1.29, 1.82) is 0 Å². The van der Waals surface area contributed by atoms with E-state index in [1.807, 2.05) is 13.8 Å². The lowest BCUT2D eigenvalue weighted by Gasteiger charge is -2.12. The van der Waals surface area contributed by atoms with Crippen molar-refractivity contribution in [3.63, 3.8) is 0 Å². The van der Waals surface area contributed by atoms with E-state index in [1.54, 1.807) is 24.3 Å². The molecule has 0 saturated heterocycles. The molecule has 0 heterocycles. The molecule has 19 heavy (non-hydrogen) atoms. The first-order chi connectivity index (χ1) is 9.06. The number of carbonyl (C=O) groups is 2. The Morgan fingerprint density at radius 1 is 1.37 bits per heavy atom. The second-order valence-electron chi connectivity index (χ2n) is 4.18. The summed E-state index contributed by atoms with van der Waals surface area (Å²) in [7, 11) is 1.31. The van der Waals surface area contributed by atoms with E-state index in [0.29, 0.717) is 11.3 Å². The highest BCUT2D eigenvalue weighted by molar-refractivity contribution is 5.89. The zero-order valence-corrected chi connectivity index (χ0v) is 11.4. The van der Waals surface area contributed by atoms with E-state index < -0.39 is 5.97 Å². The van der Waals surface area contributed by atoms with E-state index in [-0.39, 0.29) is 18.6 Å². The maximum absolute atomic E-state index is 11.5. The first kappa shape index (κ1) is 15.0. The molecule has 1 rings (SSSR count). The molecule has 5 heteroatoms. The molecule has 0 spiro atoms. The fraction of sp³-hybridized carbons (Fsp3) is 0.429. The number of hydrogen-bond donors (Lipinski definition) is 1. The molecule has 0 radical (unpaired) electrons. The maximum Gasteiger partial charge on any atom is 0.337 e. The van der Waals surface area contributed by atoms with Gasteiger partial charge in [0.15, 0.2) is 6.61 Å². The Morgan fingerprint density at radius 3 is 2.74 bits per heavy atom. The summed E-state index contributed by atoms with van der Waals surface area (Å²) in [6, 6.07) is 6.65. The Bertz CT molecular complexity index is 445. The lowest BCUT2D eigenvalue weighted by Crippen LogP contribution is -2.35. The number of methoxy groups -OCH3 is 1. The largest absolute Gasteiger partial charge is 0.484 e. The van der Waals surface area contributed by atoms with E-state index in [9.17, 15) is 9.59 Å². The molecule has 1 N–H and O–H groups in total. The number of amides is 1. The van der Waals surface area contributed by atoms with E-state index in [4.69, 9.17) is 4.74 Å². The van der Waals surface area contributed by atoms with Gasteiger partial charge in [0.05, 0.1) is 12.7 Å². The quantitative estimate of drug-likeness (QED) is 0.796. The lowest BCUT2D eigenvalue weighted by atomic mass is 10.2. The van der Waals surface area contributed by atoms with Crippen LogP contribution in [-0.4, -0.2) is 31.6 Å². The van der Waals surface area contributed by atoms with Crippen LogP contribution in [0.4, 0.5) is 0 Å². The highest BCUT2D eigenvalue weighted by Crippen LogP contribution is 2.13. The van der Waals surface area contributed by atoms with Gasteiger partial charge in [-0.25, -0.2) is 4.79 Å². The van der Waals surface area contributed by atoms with Gasteiger partial charge in [-0.1, -0.05) is 13.0 Å². The minimum Gasteiger partial charge on any atom is -0.484 e. The number of hydrogen-bond acceptors (Lipinski definition) is 4. The average Bonchev–Trinajstić information content (AvgIpc) is 2.44. The van der Waals surface area contributed by atoms with Gasteiger partial charge in [0, 0.05) is 6.04 Å². The molecule has 1 aromatic rings. The molecule has 1 aromatic carbocycles. The predicted molar refractivity (Wildman–Crippen MR) is 71.2 cm³/mol. The van der Waals surface area contributed by atoms with Crippen LogP contribution in [0.1, 0.15) is 30.6 Å². The van der Waals surface area contributed by atoms with Crippen molar-refractivity contribution in [1.82, 2.24) is 5.32 Å². The first-order valence-electron chi connectivity index (χ1n) is 6.17. The Morgan fingerprint density at radius 2 is 2.11 bits per heavy atom. The number of ether oxygens (including phenoxy) is 2. The molecule has 1 amide bonds. The zero-order chi connectivity index (χ0) is 14.3. The highest BCUT2D eigenvalue weighted by Gasteiger charge is 2.09. The fourth-order valence-electron chi connectivity index (χ4n) is 1.40. The van der Waals surface area contributed by atoms with E-state index >= 15 is 0 Å². The van der Waals surface area contributed by atoms with Crippen LogP contribution in [0.3, 0.4) is 0 Å². The molecule has 0 saturated carbocycles. The van der Waals surface area contributed by atoms with E-state index in [2.05, 4.69) is 10.1 Å². The molecule has 0 bridgehead atoms. The topological polar surface area (TPSA) is 64.6 Å². The molecule has 0 aliphatic carbocycles. The average molecular weight is 265 g/mol. The van der Waals surface area contributed by atoms with Gasteiger partial charge < -0.3 is 14.8 Å². The number of esters is 1. The summed E-state index contributed by atoms with van der Waals surface area (Å²) in [5.74, 6) is -0.158. The zero-order valence-electron chi connectivity index (χ0n) is 11.4. The molecular formula is C14H19NO4. The van der Waals surface area contributed by atoms with Gasteiger partial charge in [-0.3, -0.25) is 4.79 Å². The Hall–Kier alpha value is -2.04. The highest BCUT2D eigenvalue weighted by atomic mass is 16.5. The van der Waals surface area contributed by atoms with Crippen LogP contribution >= 0.6 is 0 Å². The summed E-state index contributed by atoms with van der Waals surface area (Å²) < 4.78 is 9.94. The van der Waals surface area contributed by atoms with Crippen LogP contribution in [0.2, 0.25) is 0 Å². The predicted octanol–water partition coefficient (Wildman–Crippen LogP) is 1.77. The SMILES string of the molecule is CC[C@H](C)NC(=O)COc1cccc(C(=O)OC)c1. The van der Waals surface area contributed by atoms with E-state index in [0.717, 1.165) is 6.42 Å². The lowest BCUT2D eigenvalue weighted by molar-refractivity contribution is -0.123. The van der Waals surface area contributed by atoms with Crippen LogP contribution in [0, 0.1) is 0 Å². The van der Waals surface area contributed by atoms with Crippen molar-refractivity contribution in [2.75, 3.05) is 13.7 Å². The van der Waals surface area contributed by atoms with Gasteiger partial charge in [0.2, 0.25) is 0 Å². The molecular weight excluding hydrogens is 246 g/mol. The Labute approximate surface area is 112 Å². The van der Waals surface area contributed by atoms with Crippen LogP contribution < -0.4 is 10.1 Å². The molecule has 0 aliphatic rings. The summed E-state index contributed by atoms with van der Waals surface area (Å²) in [5, 5.41) is 2.79. The number of nitrogens with one attached hydrogen (secondary N) is 1. The fourth-order valence-corrected chi connectivity index (χ4v) is 1.40. The van der Waals surface area contributed by atoms with Crippen LogP contribution in [-0.2, 0) is 9.53 Å². The molecule has 0 unspecified atom stereocenters. The molecule has 5 nitrogen and oxygen atoms in total. The third-order valence-electron chi connectivity index (χ3n) is 2.64. The number of benzene rings is 1. The Balaban J connectivity index is 2.54. The van der Waals surface area contributed by atoms with Crippen LogP contribution in [0.15, 0.2) is 24.3 Å². The summed E-state index contributed by atoms with van der Waals surface area (Å²) in [6.07, 6.45) is 0.865.